The first-order valence-corrected chi connectivity index (χ1v) is 13.7. The molecule has 0 unspecified atom stereocenters. The first-order chi connectivity index (χ1) is 17.5. The number of nitrogen functional groups attached to an aromatic ring is 1. The molecule has 0 saturated carbocycles. The second-order valence-corrected chi connectivity index (χ2v) is 10.9. The van der Waals surface area contributed by atoms with Gasteiger partial charge in [-0.25, -0.2) is 0 Å². The van der Waals surface area contributed by atoms with Crippen LogP contribution in [-0.4, -0.2) is 36.3 Å². The largest absolute Gasteiger partial charge is 0.490 e. The van der Waals surface area contributed by atoms with Gasteiger partial charge in [-0.3, -0.25) is 9.59 Å². The number of ether oxygens (including phenoxy) is 1. The minimum absolute atomic E-state index is 0.0599. The Bertz CT molecular complexity index is 1420. The lowest BCUT2D eigenvalue weighted by atomic mass is 9.96. The third-order valence-electron chi connectivity index (χ3n) is 6.53. The Kier molecular flexibility index (Phi) is 7.39. The fourth-order valence-corrected chi connectivity index (χ4v) is 6.24. The average Bonchev–Trinajstić information content (AvgIpc) is 3.29. The van der Waals surface area contributed by atoms with Crippen molar-refractivity contribution >= 4 is 54.7 Å². The van der Waals surface area contributed by atoms with Crippen LogP contribution in [0, 0.1) is 0 Å². The van der Waals surface area contributed by atoms with Gasteiger partial charge in [0.15, 0.2) is 5.78 Å². The minimum Gasteiger partial charge on any atom is -0.490 e. The molecule has 0 aliphatic heterocycles. The quantitative estimate of drug-likeness (QED) is 0.196. The fraction of sp³-hybridized carbons (Fsp3) is 0.241. The molecular formula is C29H27BrN2O3S. The van der Waals surface area contributed by atoms with E-state index in [9.17, 15) is 9.59 Å². The predicted molar refractivity (Wildman–Crippen MR) is 149 cm³/mol. The standard InChI is InChI=1S/C29H27BrN2O3S/c30-23-14-13-20(17-24(23)31)25(33)18-32(29(34)19-7-2-1-3-8-19)15-16-35-26-11-6-10-22-21-9-4-5-12-27(21)36-28(22)26/h1-3,6-8,10-11,13-14,17H,4-5,9,12,15-16,18,31H2. The molecule has 36 heavy (non-hydrogen) atoms. The van der Waals surface area contributed by atoms with Gasteiger partial charge in [-0.1, -0.05) is 36.4 Å². The summed E-state index contributed by atoms with van der Waals surface area (Å²) in [6.45, 7) is 0.513. The van der Waals surface area contributed by atoms with Crippen LogP contribution in [-0.2, 0) is 12.8 Å². The number of thiophene rings is 1. The van der Waals surface area contributed by atoms with Crippen molar-refractivity contribution in [2.75, 3.05) is 25.4 Å². The number of ketones is 1. The number of hydrogen-bond acceptors (Lipinski definition) is 5. The van der Waals surface area contributed by atoms with Gasteiger partial charge in [0.1, 0.15) is 12.4 Å². The zero-order chi connectivity index (χ0) is 25.1. The molecule has 1 aromatic heterocycles. The Morgan fingerprint density at radius 3 is 2.58 bits per heavy atom. The lowest BCUT2D eigenvalue weighted by molar-refractivity contribution is 0.0686. The summed E-state index contributed by atoms with van der Waals surface area (Å²) in [7, 11) is 0. The maximum atomic E-state index is 13.3. The van der Waals surface area contributed by atoms with Crippen molar-refractivity contribution in [2.45, 2.75) is 25.7 Å². The molecule has 2 N–H and O–H groups in total. The average molecular weight is 564 g/mol. The molecule has 1 aliphatic rings. The van der Waals surface area contributed by atoms with Crippen LogP contribution >= 0.6 is 27.3 Å². The van der Waals surface area contributed by atoms with Crippen molar-refractivity contribution in [1.29, 1.82) is 0 Å². The van der Waals surface area contributed by atoms with Gasteiger partial charge < -0.3 is 15.4 Å². The van der Waals surface area contributed by atoms with Crippen molar-refractivity contribution in [1.82, 2.24) is 4.90 Å². The van der Waals surface area contributed by atoms with Crippen LogP contribution in [0.5, 0.6) is 5.75 Å². The molecule has 1 aliphatic carbocycles. The van der Waals surface area contributed by atoms with E-state index in [-0.39, 0.29) is 31.4 Å². The summed E-state index contributed by atoms with van der Waals surface area (Å²) < 4.78 is 8.12. The van der Waals surface area contributed by atoms with Crippen molar-refractivity contribution < 1.29 is 14.3 Å². The Morgan fingerprint density at radius 1 is 0.972 bits per heavy atom. The van der Waals surface area contributed by atoms with Crippen molar-refractivity contribution in [2.24, 2.45) is 0 Å². The fourth-order valence-electron chi connectivity index (χ4n) is 4.63. The molecular weight excluding hydrogens is 536 g/mol. The molecule has 1 heterocycles. The highest BCUT2D eigenvalue weighted by Gasteiger charge is 2.21. The summed E-state index contributed by atoms with van der Waals surface area (Å²) in [5.74, 6) is 0.458. The first kappa shape index (κ1) is 24.5. The van der Waals surface area contributed by atoms with Crippen LogP contribution in [0.2, 0.25) is 0 Å². The molecule has 0 fully saturated rings. The summed E-state index contributed by atoms with van der Waals surface area (Å²) >= 11 is 5.18. The second kappa shape index (κ2) is 10.8. The highest BCUT2D eigenvalue weighted by Crippen LogP contribution is 2.40. The monoisotopic (exact) mass is 562 g/mol. The molecule has 0 bridgehead atoms. The summed E-state index contributed by atoms with van der Waals surface area (Å²) in [6, 6.07) is 20.3. The predicted octanol–water partition coefficient (Wildman–Crippen LogP) is 6.53. The Balaban J connectivity index is 1.34. The summed E-state index contributed by atoms with van der Waals surface area (Å²) in [4.78, 5) is 29.4. The van der Waals surface area contributed by atoms with Crippen molar-refractivity contribution in [3.8, 4) is 5.75 Å². The number of nitrogens with zero attached hydrogens (tertiary/aromatic N) is 1. The van der Waals surface area contributed by atoms with E-state index in [1.807, 2.05) is 41.7 Å². The smallest absolute Gasteiger partial charge is 0.254 e. The number of aryl methyl sites for hydroxylation is 2. The lowest BCUT2D eigenvalue weighted by Gasteiger charge is -2.22. The molecule has 0 spiro atoms. The van der Waals surface area contributed by atoms with E-state index in [0.29, 0.717) is 16.8 Å². The molecule has 0 saturated heterocycles. The SMILES string of the molecule is Nc1cc(C(=O)CN(CCOc2cccc3c4c(sc23)CCCC4)C(=O)c2ccccc2)ccc1Br. The minimum atomic E-state index is -0.206. The van der Waals surface area contributed by atoms with Crippen molar-refractivity contribution in [3.63, 3.8) is 0 Å². The number of fused-ring (bicyclic) bond motifs is 3. The Hall–Kier alpha value is -3.16. The zero-order valence-electron chi connectivity index (χ0n) is 19.8. The third kappa shape index (κ3) is 5.18. The maximum absolute atomic E-state index is 13.3. The van der Waals surface area contributed by atoms with Gasteiger partial charge in [-0.2, -0.15) is 0 Å². The van der Waals surface area contributed by atoms with Gasteiger partial charge in [0.25, 0.3) is 5.91 Å². The molecule has 3 aromatic carbocycles. The van der Waals surface area contributed by atoms with E-state index >= 15 is 0 Å². The van der Waals surface area contributed by atoms with Gasteiger partial charge in [0.2, 0.25) is 0 Å². The Morgan fingerprint density at radius 2 is 1.78 bits per heavy atom. The van der Waals surface area contributed by atoms with Crippen molar-refractivity contribution in [3.05, 3.63) is 92.8 Å². The topological polar surface area (TPSA) is 72.6 Å². The van der Waals surface area contributed by atoms with E-state index < -0.39 is 0 Å². The molecule has 4 aromatic rings. The van der Waals surface area contributed by atoms with E-state index in [2.05, 4.69) is 22.0 Å². The number of Topliss-reactive ketones (excluding diaryl/α,β-unsaturated/α-hetero) is 1. The zero-order valence-corrected chi connectivity index (χ0v) is 22.2. The van der Waals surface area contributed by atoms with Gasteiger partial charge >= 0.3 is 0 Å². The molecule has 5 nitrogen and oxygen atoms in total. The van der Waals surface area contributed by atoms with Gasteiger partial charge in [-0.05, 0) is 82.9 Å². The number of amides is 1. The number of carbonyl (C=O) groups excluding carboxylic acids is 2. The lowest BCUT2D eigenvalue weighted by Crippen LogP contribution is -2.38. The molecule has 0 atom stereocenters. The summed E-state index contributed by atoms with van der Waals surface area (Å²) in [6.07, 6.45) is 4.74. The molecule has 184 valence electrons. The van der Waals surface area contributed by atoms with Gasteiger partial charge in [0, 0.05) is 26.2 Å². The van der Waals surface area contributed by atoms with Crippen LogP contribution in [0.1, 0.15) is 44.0 Å². The highest BCUT2D eigenvalue weighted by atomic mass is 79.9. The van der Waals surface area contributed by atoms with E-state index in [0.717, 1.165) is 23.1 Å². The highest BCUT2D eigenvalue weighted by molar-refractivity contribution is 9.10. The Labute approximate surface area is 223 Å². The normalized spacial score (nSPS) is 12.8. The van der Waals surface area contributed by atoms with Crippen LogP contribution in [0.15, 0.2) is 71.2 Å². The molecule has 5 rings (SSSR count). The summed E-state index contributed by atoms with van der Waals surface area (Å²) in [5.41, 5.74) is 8.92. The maximum Gasteiger partial charge on any atom is 0.254 e. The number of hydrogen-bond donors (Lipinski definition) is 1. The van der Waals surface area contributed by atoms with Gasteiger partial charge in [-0.15, -0.1) is 11.3 Å². The number of nitrogens with two attached hydrogens (primary N) is 1. The van der Waals surface area contributed by atoms with E-state index in [4.69, 9.17) is 10.5 Å². The molecule has 7 heteroatoms. The van der Waals surface area contributed by atoms with Crippen LogP contribution in [0.25, 0.3) is 10.1 Å². The number of carbonyl (C=O) groups is 2. The molecule has 0 radical (unpaired) electrons. The first-order valence-electron chi connectivity index (χ1n) is 12.1. The van der Waals surface area contributed by atoms with Crippen LogP contribution in [0.4, 0.5) is 5.69 Å². The van der Waals surface area contributed by atoms with Crippen LogP contribution < -0.4 is 10.5 Å². The van der Waals surface area contributed by atoms with E-state index in [1.165, 1.54) is 33.4 Å². The third-order valence-corrected chi connectivity index (χ3v) is 8.57. The number of anilines is 1. The van der Waals surface area contributed by atoms with E-state index in [1.54, 1.807) is 35.2 Å². The number of halogens is 1. The second-order valence-electron chi connectivity index (χ2n) is 8.94. The van der Waals surface area contributed by atoms with Crippen LogP contribution in [0.3, 0.4) is 0 Å². The van der Waals surface area contributed by atoms with Gasteiger partial charge in [0.05, 0.1) is 17.8 Å². The number of benzene rings is 3. The summed E-state index contributed by atoms with van der Waals surface area (Å²) in [5, 5.41) is 1.28. The molecule has 1 amide bonds. The number of rotatable bonds is 8.